The number of nitrogens with zero attached hydrogens (tertiary/aromatic N) is 1. The minimum Gasteiger partial charge on any atom is -0.496 e. The van der Waals surface area contributed by atoms with E-state index in [9.17, 15) is 0 Å². The second kappa shape index (κ2) is 4.88. The summed E-state index contributed by atoms with van der Waals surface area (Å²) in [4.78, 5) is 2.42. The third-order valence-electron chi connectivity index (χ3n) is 3.53. The number of aryl methyl sites for hydroxylation is 1. The molecule has 1 aliphatic heterocycles. The van der Waals surface area contributed by atoms with Crippen LogP contribution in [0.25, 0.3) is 0 Å². The third kappa shape index (κ3) is 2.38. The van der Waals surface area contributed by atoms with Gasteiger partial charge in [0.05, 0.1) is 7.11 Å². The van der Waals surface area contributed by atoms with E-state index >= 15 is 0 Å². The van der Waals surface area contributed by atoms with Gasteiger partial charge in [0.1, 0.15) is 5.75 Å². The largest absolute Gasteiger partial charge is 0.496 e. The first-order valence-corrected chi connectivity index (χ1v) is 6.04. The summed E-state index contributed by atoms with van der Waals surface area (Å²) in [7, 11) is 3.96. The first kappa shape index (κ1) is 11.5. The molecular weight excluding hydrogens is 198 g/mol. The number of rotatable bonds is 2. The Labute approximate surface area is 98.2 Å². The Morgan fingerprint density at radius 1 is 1.38 bits per heavy atom. The average Bonchev–Trinajstić information content (AvgIpc) is 2.29. The average molecular weight is 219 g/mol. The molecule has 0 aromatic heterocycles. The van der Waals surface area contributed by atoms with Crippen molar-refractivity contribution in [2.75, 3.05) is 27.2 Å². The van der Waals surface area contributed by atoms with Crippen LogP contribution in [0.5, 0.6) is 5.75 Å². The number of benzene rings is 1. The Balaban J connectivity index is 2.19. The zero-order valence-corrected chi connectivity index (χ0v) is 10.5. The maximum Gasteiger partial charge on any atom is 0.122 e. The molecule has 2 nitrogen and oxygen atoms in total. The first-order chi connectivity index (χ1) is 7.70. The van der Waals surface area contributed by atoms with Gasteiger partial charge < -0.3 is 9.64 Å². The lowest BCUT2D eigenvalue weighted by atomic mass is 9.90. The molecular formula is C14H21NO. The third-order valence-corrected chi connectivity index (χ3v) is 3.53. The van der Waals surface area contributed by atoms with E-state index in [0.29, 0.717) is 5.92 Å². The standard InChI is InChI=1S/C14H21NO/c1-11-6-7-12(9-14(11)16-3)13-5-4-8-15(2)10-13/h6-7,9,13H,4-5,8,10H2,1-3H3. The number of hydrogen-bond acceptors (Lipinski definition) is 2. The predicted molar refractivity (Wildman–Crippen MR) is 67.2 cm³/mol. The molecule has 0 bridgehead atoms. The van der Waals surface area contributed by atoms with Crippen molar-refractivity contribution in [2.24, 2.45) is 0 Å². The molecule has 1 saturated heterocycles. The highest BCUT2D eigenvalue weighted by atomic mass is 16.5. The van der Waals surface area contributed by atoms with Crippen LogP contribution in [0.2, 0.25) is 0 Å². The minimum absolute atomic E-state index is 0.674. The van der Waals surface area contributed by atoms with Crippen molar-refractivity contribution < 1.29 is 4.74 Å². The number of methoxy groups -OCH3 is 1. The summed E-state index contributed by atoms with van der Waals surface area (Å²) < 4.78 is 5.39. The molecule has 1 aromatic rings. The summed E-state index contributed by atoms with van der Waals surface area (Å²) in [6, 6.07) is 6.63. The molecule has 1 unspecified atom stereocenters. The fourth-order valence-corrected chi connectivity index (χ4v) is 2.53. The highest BCUT2D eigenvalue weighted by Gasteiger charge is 2.19. The van der Waals surface area contributed by atoms with Crippen LogP contribution in [0.1, 0.15) is 29.9 Å². The number of likely N-dealkylation sites (tertiary alicyclic amines) is 1. The van der Waals surface area contributed by atoms with Crippen molar-refractivity contribution in [3.63, 3.8) is 0 Å². The highest BCUT2D eigenvalue weighted by molar-refractivity contribution is 5.38. The van der Waals surface area contributed by atoms with Gasteiger partial charge >= 0.3 is 0 Å². The van der Waals surface area contributed by atoms with E-state index in [-0.39, 0.29) is 0 Å². The van der Waals surface area contributed by atoms with Gasteiger partial charge in [-0.05, 0) is 56.5 Å². The van der Waals surface area contributed by atoms with Gasteiger partial charge in [0.15, 0.2) is 0 Å². The Bertz CT molecular complexity index is 362. The molecule has 0 aliphatic carbocycles. The van der Waals surface area contributed by atoms with Crippen LogP contribution >= 0.6 is 0 Å². The van der Waals surface area contributed by atoms with Crippen LogP contribution in [-0.2, 0) is 0 Å². The highest BCUT2D eigenvalue weighted by Crippen LogP contribution is 2.29. The van der Waals surface area contributed by atoms with E-state index in [1.54, 1.807) is 7.11 Å². The number of ether oxygens (including phenoxy) is 1. The number of hydrogen-bond donors (Lipinski definition) is 0. The fraction of sp³-hybridized carbons (Fsp3) is 0.571. The monoisotopic (exact) mass is 219 g/mol. The van der Waals surface area contributed by atoms with E-state index in [2.05, 4.69) is 37.1 Å². The molecule has 1 aromatic carbocycles. The van der Waals surface area contributed by atoms with Gasteiger partial charge in [0.25, 0.3) is 0 Å². The topological polar surface area (TPSA) is 12.5 Å². The maximum absolute atomic E-state index is 5.39. The van der Waals surface area contributed by atoms with Crippen LogP contribution in [-0.4, -0.2) is 32.1 Å². The molecule has 1 fully saturated rings. The first-order valence-electron chi connectivity index (χ1n) is 6.04. The SMILES string of the molecule is COc1cc(C2CCCN(C)C2)ccc1C. The summed E-state index contributed by atoms with van der Waals surface area (Å²) in [5.74, 6) is 1.69. The lowest BCUT2D eigenvalue weighted by Gasteiger charge is -2.30. The van der Waals surface area contributed by atoms with Crippen molar-refractivity contribution >= 4 is 0 Å². The van der Waals surface area contributed by atoms with E-state index in [1.807, 2.05) is 0 Å². The zero-order valence-electron chi connectivity index (χ0n) is 10.5. The fourth-order valence-electron chi connectivity index (χ4n) is 2.53. The summed E-state index contributed by atoms with van der Waals surface area (Å²) in [5.41, 5.74) is 2.64. The van der Waals surface area contributed by atoms with Crippen molar-refractivity contribution in [2.45, 2.75) is 25.7 Å². The molecule has 1 heterocycles. The van der Waals surface area contributed by atoms with E-state index in [1.165, 1.54) is 37.1 Å². The van der Waals surface area contributed by atoms with Gasteiger partial charge in [-0.15, -0.1) is 0 Å². The predicted octanol–water partition coefficient (Wildman–Crippen LogP) is 2.81. The van der Waals surface area contributed by atoms with Crippen molar-refractivity contribution in [1.82, 2.24) is 4.90 Å². The van der Waals surface area contributed by atoms with Crippen LogP contribution in [0, 0.1) is 6.92 Å². The molecule has 0 saturated carbocycles. The molecule has 16 heavy (non-hydrogen) atoms. The molecule has 0 radical (unpaired) electrons. The smallest absolute Gasteiger partial charge is 0.122 e. The molecule has 2 heteroatoms. The Morgan fingerprint density at radius 3 is 2.88 bits per heavy atom. The summed E-state index contributed by atoms with van der Waals surface area (Å²) >= 11 is 0. The van der Waals surface area contributed by atoms with E-state index < -0.39 is 0 Å². The molecule has 0 amide bonds. The molecule has 1 aliphatic rings. The van der Waals surface area contributed by atoms with Gasteiger partial charge in [-0.2, -0.15) is 0 Å². The van der Waals surface area contributed by atoms with Crippen LogP contribution in [0.4, 0.5) is 0 Å². The summed E-state index contributed by atoms with van der Waals surface area (Å²) in [6.07, 6.45) is 2.61. The molecule has 2 rings (SSSR count). The zero-order chi connectivity index (χ0) is 11.5. The lowest BCUT2D eigenvalue weighted by molar-refractivity contribution is 0.250. The lowest BCUT2D eigenvalue weighted by Crippen LogP contribution is -2.30. The van der Waals surface area contributed by atoms with Crippen molar-refractivity contribution in [1.29, 1.82) is 0 Å². The van der Waals surface area contributed by atoms with Crippen LogP contribution < -0.4 is 4.74 Å². The van der Waals surface area contributed by atoms with Gasteiger partial charge in [0.2, 0.25) is 0 Å². The number of likely N-dealkylation sites (N-methyl/N-ethyl adjacent to an activating group) is 1. The normalized spacial score (nSPS) is 22.1. The number of piperidine rings is 1. The van der Waals surface area contributed by atoms with Gasteiger partial charge in [0, 0.05) is 6.54 Å². The van der Waals surface area contributed by atoms with Crippen LogP contribution in [0.3, 0.4) is 0 Å². The second-order valence-corrected chi connectivity index (χ2v) is 4.83. The van der Waals surface area contributed by atoms with Gasteiger partial charge in [-0.25, -0.2) is 0 Å². The molecule has 0 spiro atoms. The van der Waals surface area contributed by atoms with Gasteiger partial charge in [-0.3, -0.25) is 0 Å². The minimum atomic E-state index is 0.674. The Hall–Kier alpha value is -1.02. The molecule has 1 atom stereocenters. The van der Waals surface area contributed by atoms with Crippen molar-refractivity contribution in [3.05, 3.63) is 29.3 Å². The maximum atomic E-state index is 5.39. The second-order valence-electron chi connectivity index (χ2n) is 4.83. The van der Waals surface area contributed by atoms with Gasteiger partial charge in [-0.1, -0.05) is 12.1 Å². The quantitative estimate of drug-likeness (QED) is 0.758. The Kier molecular flexibility index (Phi) is 3.49. The molecule has 0 N–H and O–H groups in total. The molecule has 88 valence electrons. The van der Waals surface area contributed by atoms with E-state index in [0.717, 1.165) is 5.75 Å². The van der Waals surface area contributed by atoms with Crippen molar-refractivity contribution in [3.8, 4) is 5.75 Å². The van der Waals surface area contributed by atoms with E-state index in [4.69, 9.17) is 4.74 Å². The van der Waals surface area contributed by atoms with Crippen LogP contribution in [0.15, 0.2) is 18.2 Å². The summed E-state index contributed by atoms with van der Waals surface area (Å²) in [6.45, 7) is 4.50. The summed E-state index contributed by atoms with van der Waals surface area (Å²) in [5, 5.41) is 0. The Morgan fingerprint density at radius 2 is 2.19 bits per heavy atom.